The fourth-order valence-corrected chi connectivity index (χ4v) is 4.12. The van der Waals surface area contributed by atoms with Gasteiger partial charge in [0.05, 0.1) is 6.26 Å². The summed E-state index contributed by atoms with van der Waals surface area (Å²) in [6, 6.07) is 9.09. The molecule has 0 saturated carbocycles. The van der Waals surface area contributed by atoms with Crippen LogP contribution in [-0.4, -0.2) is 44.7 Å². The van der Waals surface area contributed by atoms with Crippen LogP contribution in [0.2, 0.25) is 0 Å². The minimum Gasteiger partial charge on any atom is -0.313 e. The second-order valence-electron chi connectivity index (χ2n) is 5.94. The number of benzene rings is 1. The third kappa shape index (κ3) is 2.90. The number of nitrogens with zero attached hydrogens (tertiary/aromatic N) is 1. The monoisotopic (exact) mass is 294 g/mol. The van der Waals surface area contributed by atoms with Gasteiger partial charge in [0.2, 0.25) is 10.0 Å². The van der Waals surface area contributed by atoms with E-state index in [2.05, 4.69) is 29.6 Å². The first-order chi connectivity index (χ1) is 9.54. The molecule has 3 rings (SSSR count). The van der Waals surface area contributed by atoms with Crippen LogP contribution in [0.1, 0.15) is 29.9 Å². The largest absolute Gasteiger partial charge is 0.313 e. The molecule has 110 valence electrons. The summed E-state index contributed by atoms with van der Waals surface area (Å²) < 4.78 is 24.5. The van der Waals surface area contributed by atoms with Crippen LogP contribution in [-0.2, 0) is 16.4 Å². The van der Waals surface area contributed by atoms with Gasteiger partial charge in [-0.1, -0.05) is 24.3 Å². The summed E-state index contributed by atoms with van der Waals surface area (Å²) in [4.78, 5) is 0. The summed E-state index contributed by atoms with van der Waals surface area (Å²) in [6.07, 6.45) is 4.31. The quantitative estimate of drug-likeness (QED) is 0.912. The number of sulfonamides is 1. The van der Waals surface area contributed by atoms with Crippen LogP contribution in [0.4, 0.5) is 0 Å². The standard InChI is InChI=1S/C15H22N2O2S/c1-20(18,19)17-8-6-14(7-9-17)16-11-13-10-12-4-2-3-5-15(12)13/h2-5,13-14,16H,6-11H2,1H3. The lowest BCUT2D eigenvalue weighted by Gasteiger charge is -2.34. The lowest BCUT2D eigenvalue weighted by Crippen LogP contribution is -2.46. The zero-order valence-corrected chi connectivity index (χ0v) is 12.7. The Hall–Kier alpha value is -0.910. The average Bonchev–Trinajstić information content (AvgIpc) is 2.39. The molecule has 5 heteroatoms. The number of fused-ring (bicyclic) bond motifs is 1. The number of hydrogen-bond donors (Lipinski definition) is 1. The molecule has 1 aromatic carbocycles. The van der Waals surface area contributed by atoms with Crippen LogP contribution in [0.3, 0.4) is 0 Å². The van der Waals surface area contributed by atoms with Crippen LogP contribution in [0.25, 0.3) is 0 Å². The Bertz CT molecular complexity index is 577. The smallest absolute Gasteiger partial charge is 0.211 e. The molecule has 4 nitrogen and oxygen atoms in total. The summed E-state index contributed by atoms with van der Waals surface area (Å²) in [7, 11) is -3.01. The van der Waals surface area contributed by atoms with E-state index in [0.717, 1.165) is 19.4 Å². The molecule has 1 N–H and O–H groups in total. The van der Waals surface area contributed by atoms with Crippen LogP contribution >= 0.6 is 0 Å². The Morgan fingerprint density at radius 2 is 1.95 bits per heavy atom. The van der Waals surface area contributed by atoms with Crippen molar-refractivity contribution in [2.24, 2.45) is 0 Å². The predicted octanol–water partition coefficient (Wildman–Crippen LogP) is 1.34. The molecule has 0 amide bonds. The zero-order valence-electron chi connectivity index (χ0n) is 11.9. The lowest BCUT2D eigenvalue weighted by molar-refractivity contribution is 0.286. The molecule has 0 aromatic heterocycles. The highest BCUT2D eigenvalue weighted by Gasteiger charge is 2.28. The van der Waals surface area contributed by atoms with E-state index in [1.54, 1.807) is 4.31 Å². The van der Waals surface area contributed by atoms with E-state index in [-0.39, 0.29) is 0 Å². The Morgan fingerprint density at radius 1 is 1.25 bits per heavy atom. The predicted molar refractivity (Wildman–Crippen MR) is 80.3 cm³/mol. The molecule has 1 aliphatic carbocycles. The Labute approximate surface area is 121 Å². The topological polar surface area (TPSA) is 49.4 Å². The molecule has 0 radical (unpaired) electrons. The van der Waals surface area contributed by atoms with E-state index in [9.17, 15) is 8.42 Å². The highest BCUT2D eigenvalue weighted by molar-refractivity contribution is 7.88. The van der Waals surface area contributed by atoms with Crippen molar-refractivity contribution in [3.63, 3.8) is 0 Å². The van der Waals surface area contributed by atoms with Gasteiger partial charge >= 0.3 is 0 Å². The first-order valence-corrected chi connectivity index (χ1v) is 9.15. The van der Waals surface area contributed by atoms with E-state index in [1.807, 2.05) is 0 Å². The first-order valence-electron chi connectivity index (χ1n) is 7.30. The van der Waals surface area contributed by atoms with Gasteiger partial charge in [-0.3, -0.25) is 0 Å². The molecular weight excluding hydrogens is 272 g/mol. The molecule has 1 unspecified atom stereocenters. The van der Waals surface area contributed by atoms with E-state index in [1.165, 1.54) is 23.8 Å². The number of nitrogens with one attached hydrogen (secondary N) is 1. The van der Waals surface area contributed by atoms with Crippen molar-refractivity contribution in [3.05, 3.63) is 35.4 Å². The van der Waals surface area contributed by atoms with Crippen molar-refractivity contribution < 1.29 is 8.42 Å². The fraction of sp³-hybridized carbons (Fsp3) is 0.600. The minimum atomic E-state index is -3.01. The van der Waals surface area contributed by atoms with Crippen LogP contribution < -0.4 is 5.32 Å². The van der Waals surface area contributed by atoms with Crippen LogP contribution in [0.15, 0.2) is 24.3 Å². The highest BCUT2D eigenvalue weighted by atomic mass is 32.2. The number of hydrogen-bond acceptors (Lipinski definition) is 3. The molecule has 0 bridgehead atoms. The lowest BCUT2D eigenvalue weighted by atomic mass is 9.77. The van der Waals surface area contributed by atoms with Gasteiger partial charge in [-0.2, -0.15) is 0 Å². The first kappa shape index (κ1) is 14.0. The maximum atomic E-state index is 11.5. The Kier molecular flexibility index (Phi) is 3.84. The summed E-state index contributed by atoms with van der Waals surface area (Å²) >= 11 is 0. The molecule has 1 saturated heterocycles. The van der Waals surface area contributed by atoms with Crippen molar-refractivity contribution in [3.8, 4) is 0 Å². The van der Waals surface area contributed by atoms with Crippen molar-refractivity contribution in [2.75, 3.05) is 25.9 Å². The minimum absolute atomic E-state index is 0.459. The molecule has 1 heterocycles. The molecule has 1 aliphatic heterocycles. The summed E-state index contributed by atoms with van der Waals surface area (Å²) in [5.74, 6) is 0.638. The fourth-order valence-electron chi connectivity index (χ4n) is 3.25. The van der Waals surface area contributed by atoms with Gasteiger partial charge in [-0.05, 0) is 30.4 Å². The van der Waals surface area contributed by atoms with Crippen molar-refractivity contribution >= 4 is 10.0 Å². The average molecular weight is 294 g/mol. The second-order valence-corrected chi connectivity index (χ2v) is 7.93. The molecule has 2 aliphatic rings. The SMILES string of the molecule is CS(=O)(=O)N1CCC(NCC2Cc3ccccc32)CC1. The maximum absolute atomic E-state index is 11.5. The van der Waals surface area contributed by atoms with Crippen molar-refractivity contribution in [1.82, 2.24) is 9.62 Å². The molecule has 1 fully saturated rings. The van der Waals surface area contributed by atoms with Crippen LogP contribution in [0, 0.1) is 0 Å². The Balaban J connectivity index is 1.46. The molecule has 1 aromatic rings. The third-order valence-electron chi connectivity index (χ3n) is 4.54. The number of piperidine rings is 1. The van der Waals surface area contributed by atoms with Gasteiger partial charge in [0, 0.05) is 31.6 Å². The van der Waals surface area contributed by atoms with E-state index < -0.39 is 10.0 Å². The summed E-state index contributed by atoms with van der Waals surface area (Å²) in [5, 5.41) is 3.61. The van der Waals surface area contributed by atoms with Gasteiger partial charge in [0.1, 0.15) is 0 Å². The van der Waals surface area contributed by atoms with Gasteiger partial charge in [0.15, 0.2) is 0 Å². The van der Waals surface area contributed by atoms with Crippen molar-refractivity contribution in [2.45, 2.75) is 31.2 Å². The van der Waals surface area contributed by atoms with E-state index >= 15 is 0 Å². The summed E-state index contributed by atoms with van der Waals surface area (Å²) in [5.41, 5.74) is 2.96. The Morgan fingerprint density at radius 3 is 2.60 bits per heavy atom. The van der Waals surface area contributed by atoms with Crippen molar-refractivity contribution in [1.29, 1.82) is 0 Å². The molecule has 20 heavy (non-hydrogen) atoms. The molecular formula is C15H22N2O2S. The second kappa shape index (κ2) is 5.47. The maximum Gasteiger partial charge on any atom is 0.211 e. The van der Waals surface area contributed by atoms with E-state index in [0.29, 0.717) is 25.0 Å². The third-order valence-corrected chi connectivity index (χ3v) is 5.84. The van der Waals surface area contributed by atoms with Crippen LogP contribution in [0.5, 0.6) is 0 Å². The molecule has 1 atom stereocenters. The van der Waals surface area contributed by atoms with Gasteiger partial charge in [-0.25, -0.2) is 12.7 Å². The normalized spacial score (nSPS) is 24.1. The number of rotatable bonds is 4. The van der Waals surface area contributed by atoms with E-state index in [4.69, 9.17) is 0 Å². The van der Waals surface area contributed by atoms with Gasteiger partial charge < -0.3 is 5.32 Å². The summed E-state index contributed by atoms with van der Waals surface area (Å²) in [6.45, 7) is 2.32. The van der Waals surface area contributed by atoms with Gasteiger partial charge in [0.25, 0.3) is 0 Å². The zero-order chi connectivity index (χ0) is 14.2. The molecule has 0 spiro atoms. The highest BCUT2D eigenvalue weighted by Crippen LogP contribution is 2.34. The van der Waals surface area contributed by atoms with Gasteiger partial charge in [-0.15, -0.1) is 0 Å².